The van der Waals surface area contributed by atoms with E-state index in [1.54, 1.807) is 7.11 Å². The van der Waals surface area contributed by atoms with Crippen LogP contribution in [0.5, 0.6) is 0 Å². The fourth-order valence-corrected chi connectivity index (χ4v) is 2.88. The van der Waals surface area contributed by atoms with Gasteiger partial charge in [0, 0.05) is 40.0 Å². The topological polar surface area (TPSA) is 41.9 Å². The summed E-state index contributed by atoms with van der Waals surface area (Å²) in [5.74, 6) is -1.40. The second-order valence-corrected chi connectivity index (χ2v) is 5.87. The normalized spacial score (nSPS) is 18.3. The highest BCUT2D eigenvalue weighted by Gasteiger charge is 2.24. The highest BCUT2D eigenvalue weighted by molar-refractivity contribution is 5.22. The SMILES string of the molecule is COCCCOC1CCN(CC(O)c2c(F)cccc2F)CC1. The van der Waals surface area contributed by atoms with E-state index in [2.05, 4.69) is 0 Å². The largest absolute Gasteiger partial charge is 0.387 e. The van der Waals surface area contributed by atoms with Crippen molar-refractivity contribution < 1.29 is 23.4 Å². The zero-order chi connectivity index (χ0) is 16.7. The van der Waals surface area contributed by atoms with Crippen molar-refractivity contribution in [2.45, 2.75) is 31.5 Å². The number of piperidine rings is 1. The Hall–Kier alpha value is -1.08. The molecular formula is C17H25F2NO3. The average Bonchev–Trinajstić information content (AvgIpc) is 2.53. The van der Waals surface area contributed by atoms with Crippen LogP contribution in [-0.2, 0) is 9.47 Å². The van der Waals surface area contributed by atoms with Crippen molar-refractivity contribution >= 4 is 0 Å². The maximum atomic E-state index is 13.7. The van der Waals surface area contributed by atoms with Gasteiger partial charge in [0.05, 0.1) is 17.8 Å². The summed E-state index contributed by atoms with van der Waals surface area (Å²) < 4.78 is 38.1. The molecule has 0 bridgehead atoms. The zero-order valence-electron chi connectivity index (χ0n) is 13.5. The first-order valence-corrected chi connectivity index (χ1v) is 8.06. The molecule has 0 amide bonds. The molecule has 1 fully saturated rings. The number of benzene rings is 1. The minimum Gasteiger partial charge on any atom is -0.387 e. The quantitative estimate of drug-likeness (QED) is 0.744. The molecule has 23 heavy (non-hydrogen) atoms. The Balaban J connectivity index is 1.75. The van der Waals surface area contributed by atoms with Gasteiger partial charge < -0.3 is 19.5 Å². The van der Waals surface area contributed by atoms with Crippen LogP contribution >= 0.6 is 0 Å². The predicted octanol–water partition coefficient (Wildman–Crippen LogP) is 2.52. The van der Waals surface area contributed by atoms with Gasteiger partial charge in [0.15, 0.2) is 0 Å². The number of methoxy groups -OCH3 is 1. The summed E-state index contributed by atoms with van der Waals surface area (Å²) in [6.07, 6.45) is 1.65. The Kier molecular flexibility index (Phi) is 7.36. The number of aliphatic hydroxyl groups is 1. The van der Waals surface area contributed by atoms with Gasteiger partial charge >= 0.3 is 0 Å². The predicted molar refractivity (Wildman–Crippen MR) is 83.2 cm³/mol. The van der Waals surface area contributed by atoms with E-state index in [0.717, 1.165) is 32.4 Å². The number of rotatable bonds is 8. The van der Waals surface area contributed by atoms with Crippen LogP contribution in [0, 0.1) is 11.6 Å². The lowest BCUT2D eigenvalue weighted by Gasteiger charge is -2.33. The monoisotopic (exact) mass is 329 g/mol. The van der Waals surface area contributed by atoms with Crippen molar-refractivity contribution in [3.05, 3.63) is 35.4 Å². The Morgan fingerprint density at radius 2 is 1.87 bits per heavy atom. The second kappa shape index (κ2) is 9.27. The third-order valence-corrected chi connectivity index (χ3v) is 4.15. The number of nitrogens with zero attached hydrogens (tertiary/aromatic N) is 1. The molecule has 1 unspecified atom stereocenters. The molecule has 4 nitrogen and oxygen atoms in total. The molecule has 1 atom stereocenters. The molecule has 6 heteroatoms. The Morgan fingerprint density at radius 1 is 1.22 bits per heavy atom. The fraction of sp³-hybridized carbons (Fsp3) is 0.647. The smallest absolute Gasteiger partial charge is 0.131 e. The van der Waals surface area contributed by atoms with Gasteiger partial charge in [-0.1, -0.05) is 6.07 Å². The lowest BCUT2D eigenvalue weighted by molar-refractivity contribution is -0.00874. The highest BCUT2D eigenvalue weighted by atomic mass is 19.1. The van der Waals surface area contributed by atoms with Gasteiger partial charge in [-0.2, -0.15) is 0 Å². The maximum absolute atomic E-state index is 13.7. The van der Waals surface area contributed by atoms with E-state index in [-0.39, 0.29) is 18.2 Å². The van der Waals surface area contributed by atoms with Crippen LogP contribution in [0.4, 0.5) is 8.78 Å². The van der Waals surface area contributed by atoms with Crippen molar-refractivity contribution in [3.8, 4) is 0 Å². The molecule has 0 saturated carbocycles. The summed E-state index contributed by atoms with van der Waals surface area (Å²) in [6, 6.07) is 3.64. The fourth-order valence-electron chi connectivity index (χ4n) is 2.88. The highest BCUT2D eigenvalue weighted by Crippen LogP contribution is 2.23. The van der Waals surface area contributed by atoms with Crippen LogP contribution in [0.3, 0.4) is 0 Å². The zero-order valence-corrected chi connectivity index (χ0v) is 13.5. The molecule has 1 saturated heterocycles. The Bertz CT molecular complexity index is 459. The average molecular weight is 329 g/mol. The lowest BCUT2D eigenvalue weighted by atomic mass is 10.0. The first-order chi connectivity index (χ1) is 11.1. The van der Waals surface area contributed by atoms with E-state index in [0.29, 0.717) is 13.2 Å². The Morgan fingerprint density at radius 3 is 2.48 bits per heavy atom. The van der Waals surface area contributed by atoms with Crippen molar-refractivity contribution in [2.24, 2.45) is 0 Å². The molecule has 0 aromatic heterocycles. The number of hydrogen-bond donors (Lipinski definition) is 1. The van der Waals surface area contributed by atoms with E-state index in [9.17, 15) is 13.9 Å². The summed E-state index contributed by atoms with van der Waals surface area (Å²) in [5, 5.41) is 10.1. The summed E-state index contributed by atoms with van der Waals surface area (Å²) in [4.78, 5) is 2.02. The first kappa shape index (κ1) is 18.3. The molecule has 1 aromatic rings. The number of ether oxygens (including phenoxy) is 2. The molecule has 0 spiro atoms. The molecule has 1 N–H and O–H groups in total. The number of aliphatic hydroxyl groups excluding tert-OH is 1. The molecule has 2 rings (SSSR count). The number of hydrogen-bond acceptors (Lipinski definition) is 4. The van der Waals surface area contributed by atoms with Crippen molar-refractivity contribution in [2.75, 3.05) is 40.0 Å². The van der Waals surface area contributed by atoms with Gasteiger partial charge in [-0.15, -0.1) is 0 Å². The molecule has 1 heterocycles. The van der Waals surface area contributed by atoms with Crippen LogP contribution in [0.15, 0.2) is 18.2 Å². The summed E-state index contributed by atoms with van der Waals surface area (Å²) >= 11 is 0. The third kappa shape index (κ3) is 5.49. The summed E-state index contributed by atoms with van der Waals surface area (Å²) in [7, 11) is 1.67. The van der Waals surface area contributed by atoms with E-state index >= 15 is 0 Å². The van der Waals surface area contributed by atoms with E-state index < -0.39 is 17.7 Å². The summed E-state index contributed by atoms with van der Waals surface area (Å²) in [6.45, 7) is 3.11. The minimum absolute atomic E-state index is 0.213. The van der Waals surface area contributed by atoms with Gasteiger partial charge in [0.25, 0.3) is 0 Å². The van der Waals surface area contributed by atoms with Crippen LogP contribution in [-0.4, -0.2) is 56.1 Å². The van der Waals surface area contributed by atoms with Crippen molar-refractivity contribution in [1.29, 1.82) is 0 Å². The van der Waals surface area contributed by atoms with Gasteiger partial charge in [0.2, 0.25) is 0 Å². The molecule has 1 aromatic carbocycles. The number of β-amino-alcohol motifs (C(OH)–C–C–N with tert-alkyl or cyclic N) is 1. The van der Waals surface area contributed by atoms with Crippen LogP contribution in [0.25, 0.3) is 0 Å². The maximum Gasteiger partial charge on any atom is 0.131 e. The number of likely N-dealkylation sites (tertiary alicyclic amines) is 1. The standard InChI is InChI=1S/C17H25F2NO3/c1-22-10-3-11-23-13-6-8-20(9-7-13)12-16(21)17-14(18)4-2-5-15(17)19/h2,4-5,13,16,21H,3,6-12H2,1H3. The van der Waals surface area contributed by atoms with Gasteiger partial charge in [-0.05, 0) is 31.4 Å². The van der Waals surface area contributed by atoms with Crippen LogP contribution in [0.1, 0.15) is 30.9 Å². The van der Waals surface area contributed by atoms with E-state index in [4.69, 9.17) is 9.47 Å². The Labute approximate surface area is 136 Å². The second-order valence-electron chi connectivity index (χ2n) is 5.87. The van der Waals surface area contributed by atoms with E-state index in [1.165, 1.54) is 18.2 Å². The molecule has 1 aliphatic heterocycles. The first-order valence-electron chi connectivity index (χ1n) is 8.06. The van der Waals surface area contributed by atoms with Gasteiger partial charge in [0.1, 0.15) is 11.6 Å². The van der Waals surface area contributed by atoms with Crippen molar-refractivity contribution in [1.82, 2.24) is 4.90 Å². The molecule has 0 radical (unpaired) electrons. The molecule has 1 aliphatic rings. The third-order valence-electron chi connectivity index (χ3n) is 4.15. The van der Waals surface area contributed by atoms with Gasteiger partial charge in [-0.3, -0.25) is 0 Å². The van der Waals surface area contributed by atoms with Crippen LogP contribution < -0.4 is 0 Å². The molecular weight excluding hydrogens is 304 g/mol. The lowest BCUT2D eigenvalue weighted by Crippen LogP contribution is -2.39. The van der Waals surface area contributed by atoms with Gasteiger partial charge in [-0.25, -0.2) is 8.78 Å². The van der Waals surface area contributed by atoms with E-state index in [1.807, 2.05) is 4.90 Å². The van der Waals surface area contributed by atoms with Crippen LogP contribution in [0.2, 0.25) is 0 Å². The van der Waals surface area contributed by atoms with Crippen molar-refractivity contribution in [3.63, 3.8) is 0 Å². The molecule has 0 aliphatic carbocycles. The summed E-state index contributed by atoms with van der Waals surface area (Å²) in [5.41, 5.74) is -0.245. The molecule has 130 valence electrons. The minimum atomic E-state index is -1.16. The number of halogens is 2.